The van der Waals surface area contributed by atoms with E-state index in [-0.39, 0.29) is 12.2 Å². The fourth-order valence-electron chi connectivity index (χ4n) is 4.62. The van der Waals surface area contributed by atoms with Gasteiger partial charge in [-0.05, 0) is 75.4 Å². The van der Waals surface area contributed by atoms with E-state index in [1.165, 1.54) is 7.11 Å². The van der Waals surface area contributed by atoms with Gasteiger partial charge in [-0.1, -0.05) is 42.5 Å². The number of carbonyl (C=O) groups is 2. The number of amides is 1. The van der Waals surface area contributed by atoms with Crippen LogP contribution in [0.2, 0.25) is 0 Å². The maximum Gasteiger partial charge on any atom is 0.408 e. The number of halogens is 1. The van der Waals surface area contributed by atoms with Crippen LogP contribution in [0.5, 0.6) is 11.5 Å². The predicted molar refractivity (Wildman–Crippen MR) is 139 cm³/mol. The van der Waals surface area contributed by atoms with E-state index in [0.717, 1.165) is 11.1 Å². The standard InChI is InChI=1S/C30H32FNO5/c1-19-9-8-11-24(26(19)31)23-10-6-7-12-25(23)36-22-14-13-20-15-16-30(27(33)35-5,18-21(20)17-22)32-28(34)37-29(2,3)4/h6-14,17H,15-16,18H2,1-5H3,(H,32,34). The highest BCUT2D eigenvalue weighted by atomic mass is 19.1. The van der Waals surface area contributed by atoms with Crippen LogP contribution in [-0.4, -0.2) is 30.3 Å². The first-order chi connectivity index (χ1) is 17.5. The quantitative estimate of drug-likeness (QED) is 0.400. The molecule has 0 aliphatic heterocycles. The van der Waals surface area contributed by atoms with Crippen molar-refractivity contribution in [1.82, 2.24) is 5.32 Å². The molecule has 0 bridgehead atoms. The van der Waals surface area contributed by atoms with Crippen molar-refractivity contribution in [3.63, 3.8) is 0 Å². The topological polar surface area (TPSA) is 73.9 Å². The first-order valence-electron chi connectivity index (χ1n) is 12.2. The maximum absolute atomic E-state index is 14.9. The lowest BCUT2D eigenvalue weighted by Crippen LogP contribution is -2.59. The first-order valence-corrected chi connectivity index (χ1v) is 12.2. The molecule has 1 amide bonds. The Labute approximate surface area is 216 Å². The van der Waals surface area contributed by atoms with Gasteiger partial charge in [0.15, 0.2) is 0 Å². The Balaban J connectivity index is 1.64. The minimum Gasteiger partial charge on any atom is -0.467 e. The highest BCUT2D eigenvalue weighted by Crippen LogP contribution is 2.38. The van der Waals surface area contributed by atoms with Gasteiger partial charge in [0.1, 0.15) is 28.5 Å². The molecule has 0 fully saturated rings. The number of para-hydroxylation sites is 1. The molecule has 3 aromatic rings. The van der Waals surface area contributed by atoms with Crippen LogP contribution in [0.15, 0.2) is 60.7 Å². The molecular weight excluding hydrogens is 473 g/mol. The van der Waals surface area contributed by atoms with Gasteiger partial charge < -0.3 is 19.5 Å². The molecule has 0 aromatic heterocycles. The molecule has 6 nitrogen and oxygen atoms in total. The van der Waals surface area contributed by atoms with Gasteiger partial charge in [-0.25, -0.2) is 14.0 Å². The molecule has 0 spiro atoms. The van der Waals surface area contributed by atoms with Crippen LogP contribution in [0.1, 0.15) is 43.9 Å². The Hall–Kier alpha value is -3.87. The van der Waals surface area contributed by atoms with Gasteiger partial charge in [-0.2, -0.15) is 0 Å². The Morgan fingerprint density at radius 2 is 1.70 bits per heavy atom. The van der Waals surface area contributed by atoms with E-state index in [9.17, 15) is 14.0 Å². The molecule has 0 radical (unpaired) electrons. The molecule has 1 aliphatic rings. The molecule has 37 heavy (non-hydrogen) atoms. The molecule has 4 rings (SSSR count). The number of methoxy groups -OCH3 is 1. The SMILES string of the molecule is COC(=O)C1(NC(=O)OC(C)(C)C)CCc2ccc(Oc3ccccc3-c3cccc(C)c3F)cc2C1. The summed E-state index contributed by atoms with van der Waals surface area (Å²) in [7, 11) is 1.30. The van der Waals surface area contributed by atoms with Crippen molar-refractivity contribution in [1.29, 1.82) is 0 Å². The lowest BCUT2D eigenvalue weighted by Gasteiger charge is -2.36. The van der Waals surface area contributed by atoms with Gasteiger partial charge in [0.2, 0.25) is 0 Å². The Kier molecular flexibility index (Phi) is 7.25. The van der Waals surface area contributed by atoms with Crippen LogP contribution in [0.4, 0.5) is 9.18 Å². The predicted octanol–water partition coefficient (Wildman–Crippen LogP) is 6.52. The molecule has 0 heterocycles. The Morgan fingerprint density at radius 1 is 0.973 bits per heavy atom. The number of hydrogen-bond acceptors (Lipinski definition) is 5. The van der Waals surface area contributed by atoms with Gasteiger partial charge in [0.05, 0.1) is 7.11 Å². The van der Waals surface area contributed by atoms with Crippen molar-refractivity contribution >= 4 is 12.1 Å². The summed E-state index contributed by atoms with van der Waals surface area (Å²) in [4.78, 5) is 25.5. The summed E-state index contributed by atoms with van der Waals surface area (Å²) in [5.74, 6) is 0.224. The first kappa shape index (κ1) is 26.2. The molecule has 0 saturated carbocycles. The molecule has 194 valence electrons. The molecule has 3 aromatic carbocycles. The van der Waals surface area contributed by atoms with Crippen LogP contribution in [0.3, 0.4) is 0 Å². The average Bonchev–Trinajstić information content (AvgIpc) is 2.84. The summed E-state index contributed by atoms with van der Waals surface area (Å²) in [5.41, 5.74) is 1.58. The van der Waals surface area contributed by atoms with Crippen molar-refractivity contribution in [2.24, 2.45) is 0 Å². The lowest BCUT2D eigenvalue weighted by atomic mass is 9.78. The maximum atomic E-state index is 14.9. The highest BCUT2D eigenvalue weighted by molar-refractivity contribution is 5.86. The van der Waals surface area contributed by atoms with E-state index < -0.39 is 23.2 Å². The zero-order valence-corrected chi connectivity index (χ0v) is 21.8. The number of hydrogen-bond donors (Lipinski definition) is 1. The van der Waals surface area contributed by atoms with Crippen LogP contribution < -0.4 is 10.1 Å². The fourth-order valence-corrected chi connectivity index (χ4v) is 4.62. The van der Waals surface area contributed by atoms with Gasteiger partial charge in [0, 0.05) is 17.5 Å². The summed E-state index contributed by atoms with van der Waals surface area (Å²) < 4.78 is 31.6. The summed E-state index contributed by atoms with van der Waals surface area (Å²) in [6.45, 7) is 7.01. The number of rotatable bonds is 5. The summed E-state index contributed by atoms with van der Waals surface area (Å²) in [6.07, 6.45) is 0.482. The normalized spacial score (nSPS) is 16.9. The van der Waals surface area contributed by atoms with Gasteiger partial charge >= 0.3 is 12.1 Å². The summed E-state index contributed by atoms with van der Waals surface area (Å²) in [6, 6.07) is 18.2. The minimum absolute atomic E-state index is 0.222. The number of fused-ring (bicyclic) bond motifs is 1. The molecule has 7 heteroatoms. The second kappa shape index (κ2) is 10.2. The van der Waals surface area contributed by atoms with Crippen molar-refractivity contribution in [2.45, 2.75) is 58.1 Å². The number of aryl methyl sites for hydroxylation is 2. The largest absolute Gasteiger partial charge is 0.467 e. The van der Waals surface area contributed by atoms with E-state index in [0.29, 0.717) is 41.0 Å². The molecule has 1 N–H and O–H groups in total. The smallest absolute Gasteiger partial charge is 0.408 e. The highest BCUT2D eigenvalue weighted by Gasteiger charge is 2.45. The van der Waals surface area contributed by atoms with Crippen molar-refractivity contribution in [3.8, 4) is 22.6 Å². The van der Waals surface area contributed by atoms with Crippen molar-refractivity contribution in [2.75, 3.05) is 7.11 Å². The molecule has 1 aliphatic carbocycles. The van der Waals surface area contributed by atoms with Crippen LogP contribution in [-0.2, 0) is 27.1 Å². The third-order valence-corrected chi connectivity index (χ3v) is 6.40. The number of ether oxygens (including phenoxy) is 3. The van der Waals surface area contributed by atoms with Crippen molar-refractivity contribution < 1.29 is 28.2 Å². The van der Waals surface area contributed by atoms with Crippen molar-refractivity contribution in [3.05, 3.63) is 83.2 Å². The number of benzene rings is 3. The number of nitrogens with one attached hydrogen (secondary N) is 1. The van der Waals surface area contributed by atoms with Crippen LogP contribution >= 0.6 is 0 Å². The Bertz CT molecular complexity index is 1330. The van der Waals surface area contributed by atoms with E-state index in [1.54, 1.807) is 45.9 Å². The van der Waals surface area contributed by atoms with Gasteiger partial charge in [-0.15, -0.1) is 0 Å². The molecular formula is C30H32FNO5. The fraction of sp³-hybridized carbons (Fsp3) is 0.333. The zero-order chi connectivity index (χ0) is 26.8. The zero-order valence-electron chi connectivity index (χ0n) is 21.8. The van der Waals surface area contributed by atoms with E-state index >= 15 is 0 Å². The number of alkyl carbamates (subject to hydrolysis) is 1. The molecule has 1 unspecified atom stereocenters. The monoisotopic (exact) mass is 505 g/mol. The lowest BCUT2D eigenvalue weighted by molar-refractivity contribution is -0.149. The van der Waals surface area contributed by atoms with Crippen LogP contribution in [0.25, 0.3) is 11.1 Å². The summed E-state index contributed by atoms with van der Waals surface area (Å²) >= 11 is 0. The third-order valence-electron chi connectivity index (χ3n) is 6.40. The second-order valence-electron chi connectivity index (χ2n) is 10.3. The minimum atomic E-state index is -1.26. The third kappa shape index (κ3) is 5.77. The number of esters is 1. The summed E-state index contributed by atoms with van der Waals surface area (Å²) in [5, 5.41) is 2.77. The van der Waals surface area contributed by atoms with E-state index in [4.69, 9.17) is 14.2 Å². The molecule has 1 atom stereocenters. The second-order valence-corrected chi connectivity index (χ2v) is 10.3. The van der Waals surface area contributed by atoms with E-state index in [2.05, 4.69) is 5.32 Å². The van der Waals surface area contributed by atoms with E-state index in [1.807, 2.05) is 42.5 Å². The van der Waals surface area contributed by atoms with Crippen LogP contribution in [0, 0.1) is 12.7 Å². The number of carbonyl (C=O) groups excluding carboxylic acids is 2. The van der Waals surface area contributed by atoms with Gasteiger partial charge in [0.25, 0.3) is 0 Å². The van der Waals surface area contributed by atoms with Gasteiger partial charge in [-0.3, -0.25) is 0 Å². The molecule has 0 saturated heterocycles. The Morgan fingerprint density at radius 3 is 2.43 bits per heavy atom. The average molecular weight is 506 g/mol.